The number of methoxy groups -OCH3 is 1. The predicted molar refractivity (Wildman–Crippen MR) is 59.3 cm³/mol. The Labute approximate surface area is 87.6 Å². The molecule has 3 heteroatoms. The van der Waals surface area contributed by atoms with Crippen molar-refractivity contribution in [3.63, 3.8) is 0 Å². The van der Waals surface area contributed by atoms with Crippen molar-refractivity contribution in [2.45, 2.75) is 51.3 Å². The number of rotatable bonds is 4. The minimum atomic E-state index is 0.294. The Morgan fingerprint density at radius 1 is 1.43 bits per heavy atom. The van der Waals surface area contributed by atoms with E-state index in [0.717, 1.165) is 6.54 Å². The SMILES string of the molecule is COC(C)C(C)N1CCCCC1CN. The molecule has 0 aromatic heterocycles. The fraction of sp³-hybridized carbons (Fsp3) is 1.00. The highest BCUT2D eigenvalue weighted by Gasteiger charge is 2.28. The van der Waals surface area contributed by atoms with Gasteiger partial charge in [0.2, 0.25) is 0 Å². The molecule has 0 saturated carbocycles. The summed E-state index contributed by atoms with van der Waals surface area (Å²) in [4.78, 5) is 2.51. The summed E-state index contributed by atoms with van der Waals surface area (Å²) in [5, 5.41) is 0. The van der Waals surface area contributed by atoms with Crippen molar-refractivity contribution in [2.75, 3.05) is 20.2 Å². The lowest BCUT2D eigenvalue weighted by Gasteiger charge is -2.41. The maximum Gasteiger partial charge on any atom is 0.0695 e. The van der Waals surface area contributed by atoms with Crippen molar-refractivity contribution in [3.8, 4) is 0 Å². The highest BCUT2D eigenvalue weighted by atomic mass is 16.5. The summed E-state index contributed by atoms with van der Waals surface area (Å²) in [7, 11) is 1.78. The van der Waals surface area contributed by atoms with Crippen LogP contribution in [0.5, 0.6) is 0 Å². The number of piperidine rings is 1. The Kier molecular flexibility index (Phi) is 4.85. The van der Waals surface area contributed by atoms with Gasteiger partial charge in [-0.2, -0.15) is 0 Å². The average molecular weight is 200 g/mol. The third kappa shape index (κ3) is 2.69. The van der Waals surface area contributed by atoms with Gasteiger partial charge in [-0.1, -0.05) is 6.42 Å². The van der Waals surface area contributed by atoms with Crippen LogP contribution >= 0.6 is 0 Å². The summed E-state index contributed by atoms with van der Waals surface area (Å²) in [6, 6.07) is 1.05. The van der Waals surface area contributed by atoms with E-state index >= 15 is 0 Å². The normalized spacial score (nSPS) is 28.7. The fourth-order valence-electron chi connectivity index (χ4n) is 2.28. The first-order chi connectivity index (χ1) is 6.70. The van der Waals surface area contributed by atoms with Crippen LogP contribution in [-0.2, 0) is 4.74 Å². The summed E-state index contributed by atoms with van der Waals surface area (Å²) in [5.41, 5.74) is 5.79. The van der Waals surface area contributed by atoms with Gasteiger partial charge in [0.25, 0.3) is 0 Å². The molecule has 3 unspecified atom stereocenters. The van der Waals surface area contributed by atoms with Crippen LogP contribution in [0.2, 0.25) is 0 Å². The largest absolute Gasteiger partial charge is 0.380 e. The first kappa shape index (κ1) is 12.0. The maximum absolute atomic E-state index is 5.79. The van der Waals surface area contributed by atoms with Gasteiger partial charge in [-0.15, -0.1) is 0 Å². The Bertz CT molecular complexity index is 163. The van der Waals surface area contributed by atoms with Gasteiger partial charge in [0.1, 0.15) is 0 Å². The topological polar surface area (TPSA) is 38.5 Å². The number of nitrogens with zero attached hydrogens (tertiary/aromatic N) is 1. The number of likely N-dealkylation sites (tertiary alicyclic amines) is 1. The van der Waals surface area contributed by atoms with E-state index in [0.29, 0.717) is 18.2 Å². The van der Waals surface area contributed by atoms with Gasteiger partial charge in [0.15, 0.2) is 0 Å². The van der Waals surface area contributed by atoms with Crippen LogP contribution in [0.1, 0.15) is 33.1 Å². The van der Waals surface area contributed by atoms with E-state index in [1.165, 1.54) is 25.8 Å². The van der Waals surface area contributed by atoms with Crippen LogP contribution in [0.4, 0.5) is 0 Å². The summed E-state index contributed by atoms with van der Waals surface area (Å²) in [6.45, 7) is 6.33. The number of ether oxygens (including phenoxy) is 1. The standard InChI is InChI=1S/C11H24N2O/c1-9(10(2)14-3)13-7-5-4-6-11(13)8-12/h9-11H,4-8,12H2,1-3H3. The van der Waals surface area contributed by atoms with Crippen LogP contribution in [0, 0.1) is 0 Å². The molecule has 1 saturated heterocycles. The highest BCUT2D eigenvalue weighted by molar-refractivity contribution is 4.84. The zero-order valence-corrected chi connectivity index (χ0v) is 9.70. The first-order valence-electron chi connectivity index (χ1n) is 5.69. The smallest absolute Gasteiger partial charge is 0.0695 e. The number of hydrogen-bond donors (Lipinski definition) is 1. The Balaban J connectivity index is 2.53. The van der Waals surface area contributed by atoms with Gasteiger partial charge in [-0.25, -0.2) is 0 Å². The maximum atomic E-state index is 5.79. The molecule has 1 heterocycles. The van der Waals surface area contributed by atoms with Gasteiger partial charge in [0, 0.05) is 25.7 Å². The Hall–Kier alpha value is -0.120. The van der Waals surface area contributed by atoms with E-state index in [9.17, 15) is 0 Å². The summed E-state index contributed by atoms with van der Waals surface area (Å²) >= 11 is 0. The quantitative estimate of drug-likeness (QED) is 0.741. The molecule has 3 nitrogen and oxygen atoms in total. The molecule has 0 amide bonds. The third-order valence-corrected chi connectivity index (χ3v) is 3.52. The van der Waals surface area contributed by atoms with Crippen LogP contribution in [0.3, 0.4) is 0 Å². The molecule has 0 radical (unpaired) electrons. The zero-order chi connectivity index (χ0) is 10.6. The molecule has 14 heavy (non-hydrogen) atoms. The van der Waals surface area contributed by atoms with E-state index in [-0.39, 0.29) is 0 Å². The lowest BCUT2D eigenvalue weighted by Crippen LogP contribution is -2.52. The van der Waals surface area contributed by atoms with Gasteiger partial charge in [-0.3, -0.25) is 4.90 Å². The molecular weight excluding hydrogens is 176 g/mol. The molecule has 2 N–H and O–H groups in total. The summed E-state index contributed by atoms with van der Waals surface area (Å²) < 4.78 is 5.38. The van der Waals surface area contributed by atoms with Crippen molar-refractivity contribution in [3.05, 3.63) is 0 Å². The number of nitrogens with two attached hydrogens (primary N) is 1. The van der Waals surface area contributed by atoms with Crippen molar-refractivity contribution >= 4 is 0 Å². The highest BCUT2D eigenvalue weighted by Crippen LogP contribution is 2.20. The van der Waals surface area contributed by atoms with Gasteiger partial charge in [-0.05, 0) is 33.2 Å². The van der Waals surface area contributed by atoms with E-state index in [1.54, 1.807) is 7.11 Å². The van der Waals surface area contributed by atoms with Crippen LogP contribution in [0.15, 0.2) is 0 Å². The van der Waals surface area contributed by atoms with E-state index in [1.807, 2.05) is 0 Å². The second-order valence-electron chi connectivity index (χ2n) is 4.30. The molecule has 84 valence electrons. The van der Waals surface area contributed by atoms with Gasteiger partial charge in [0.05, 0.1) is 6.10 Å². The van der Waals surface area contributed by atoms with E-state index in [2.05, 4.69) is 18.7 Å². The molecule has 1 aliphatic heterocycles. The molecule has 0 aromatic carbocycles. The lowest BCUT2D eigenvalue weighted by atomic mass is 9.98. The Morgan fingerprint density at radius 2 is 2.14 bits per heavy atom. The molecule has 0 bridgehead atoms. The molecular formula is C11H24N2O. The van der Waals surface area contributed by atoms with Crippen LogP contribution < -0.4 is 5.73 Å². The third-order valence-electron chi connectivity index (χ3n) is 3.52. The lowest BCUT2D eigenvalue weighted by molar-refractivity contribution is 0.00304. The molecule has 0 spiro atoms. The van der Waals surface area contributed by atoms with Gasteiger partial charge >= 0.3 is 0 Å². The van der Waals surface area contributed by atoms with E-state index in [4.69, 9.17) is 10.5 Å². The van der Waals surface area contributed by atoms with Gasteiger partial charge < -0.3 is 10.5 Å². The summed E-state index contributed by atoms with van der Waals surface area (Å²) in [5.74, 6) is 0. The van der Waals surface area contributed by atoms with Crippen molar-refractivity contribution < 1.29 is 4.74 Å². The molecule has 1 rings (SSSR count). The Morgan fingerprint density at radius 3 is 2.71 bits per heavy atom. The second kappa shape index (κ2) is 5.69. The molecule has 3 atom stereocenters. The van der Waals surface area contributed by atoms with E-state index < -0.39 is 0 Å². The van der Waals surface area contributed by atoms with Crippen molar-refractivity contribution in [1.82, 2.24) is 4.90 Å². The second-order valence-corrected chi connectivity index (χ2v) is 4.30. The molecule has 1 fully saturated rings. The predicted octanol–water partition coefficient (Wildman–Crippen LogP) is 1.22. The fourth-order valence-corrected chi connectivity index (χ4v) is 2.28. The van der Waals surface area contributed by atoms with Crippen molar-refractivity contribution in [1.29, 1.82) is 0 Å². The average Bonchev–Trinajstić information content (AvgIpc) is 2.26. The first-order valence-corrected chi connectivity index (χ1v) is 5.69. The van der Waals surface area contributed by atoms with Crippen LogP contribution in [0.25, 0.3) is 0 Å². The summed E-state index contributed by atoms with van der Waals surface area (Å²) in [6.07, 6.45) is 4.17. The number of hydrogen-bond acceptors (Lipinski definition) is 3. The van der Waals surface area contributed by atoms with Crippen molar-refractivity contribution in [2.24, 2.45) is 5.73 Å². The molecule has 1 aliphatic rings. The monoisotopic (exact) mass is 200 g/mol. The zero-order valence-electron chi connectivity index (χ0n) is 9.70. The minimum absolute atomic E-state index is 0.294. The van der Waals surface area contributed by atoms with Crippen LogP contribution in [-0.4, -0.2) is 43.3 Å². The minimum Gasteiger partial charge on any atom is -0.380 e. The molecule has 0 aromatic rings. The molecule has 0 aliphatic carbocycles.